The van der Waals surface area contributed by atoms with Gasteiger partial charge in [0.05, 0.1) is 4.90 Å². The van der Waals surface area contributed by atoms with Gasteiger partial charge in [-0.1, -0.05) is 30.3 Å². The monoisotopic (exact) mass is 441 g/mol. The zero-order valence-corrected chi connectivity index (χ0v) is 18.7. The third kappa shape index (κ3) is 5.46. The average Bonchev–Trinajstić information content (AvgIpc) is 2.81. The molecule has 2 heterocycles. The Morgan fingerprint density at radius 3 is 2.16 bits per heavy atom. The molecule has 0 saturated carbocycles. The molecule has 2 aromatic rings. The molecule has 2 aliphatic rings. The molecule has 2 fully saturated rings. The molecule has 7 heteroatoms. The van der Waals surface area contributed by atoms with E-state index in [2.05, 4.69) is 17.4 Å². The number of hydrogen-bond donors (Lipinski definition) is 1. The minimum atomic E-state index is -3.51. The van der Waals surface area contributed by atoms with Crippen molar-refractivity contribution in [3.63, 3.8) is 0 Å². The molecule has 4 rings (SSSR count). The molecule has 0 unspecified atom stereocenters. The van der Waals surface area contributed by atoms with Crippen LogP contribution in [0.1, 0.15) is 37.7 Å². The number of nitrogens with one attached hydrogen (secondary N) is 1. The summed E-state index contributed by atoms with van der Waals surface area (Å²) in [6.07, 6.45) is 5.98. The van der Waals surface area contributed by atoms with E-state index in [9.17, 15) is 13.2 Å². The van der Waals surface area contributed by atoms with Gasteiger partial charge in [0.2, 0.25) is 10.0 Å². The van der Waals surface area contributed by atoms with Gasteiger partial charge in [0.15, 0.2) is 0 Å². The molecule has 1 N–H and O–H groups in total. The highest BCUT2D eigenvalue weighted by atomic mass is 32.2. The summed E-state index contributed by atoms with van der Waals surface area (Å²) in [5.41, 5.74) is 1.93. The van der Waals surface area contributed by atoms with Crippen LogP contribution in [0.2, 0.25) is 0 Å². The number of urea groups is 1. The highest BCUT2D eigenvalue weighted by Crippen LogP contribution is 2.27. The number of carbonyl (C=O) groups excluding carboxylic acids is 1. The Bertz CT molecular complexity index is 963. The number of anilines is 1. The standard InChI is InChI=1S/C24H31N3O3S/c28-24(26-15-5-2-6-16-26)25-22-9-11-23(12-10-22)31(29,30)27-17-13-21(14-18-27)19-20-7-3-1-4-8-20/h1,3-4,7-12,21H,2,5-6,13-19H2,(H,25,28). The second-order valence-corrected chi connectivity index (χ2v) is 10.5. The summed E-state index contributed by atoms with van der Waals surface area (Å²) >= 11 is 0. The van der Waals surface area contributed by atoms with E-state index >= 15 is 0 Å². The van der Waals surface area contributed by atoms with Gasteiger partial charge in [0.25, 0.3) is 0 Å². The molecule has 31 heavy (non-hydrogen) atoms. The molecule has 0 radical (unpaired) electrons. The van der Waals surface area contributed by atoms with Gasteiger partial charge in [0, 0.05) is 31.9 Å². The van der Waals surface area contributed by atoms with Crippen LogP contribution in [0.25, 0.3) is 0 Å². The van der Waals surface area contributed by atoms with E-state index in [4.69, 9.17) is 0 Å². The van der Waals surface area contributed by atoms with Crippen LogP contribution in [0, 0.1) is 5.92 Å². The third-order valence-electron chi connectivity index (χ3n) is 6.33. The highest BCUT2D eigenvalue weighted by Gasteiger charge is 2.29. The maximum absolute atomic E-state index is 13.1. The number of likely N-dealkylation sites (tertiary alicyclic amines) is 1. The number of hydrogen-bond acceptors (Lipinski definition) is 3. The van der Waals surface area contributed by atoms with Gasteiger partial charge in [-0.3, -0.25) is 0 Å². The highest BCUT2D eigenvalue weighted by molar-refractivity contribution is 7.89. The summed E-state index contributed by atoms with van der Waals surface area (Å²) in [5, 5.41) is 2.88. The Morgan fingerprint density at radius 1 is 0.871 bits per heavy atom. The summed E-state index contributed by atoms with van der Waals surface area (Å²) in [4.78, 5) is 14.4. The molecule has 2 aromatic carbocycles. The van der Waals surface area contributed by atoms with Crippen molar-refractivity contribution in [3.8, 4) is 0 Å². The van der Waals surface area contributed by atoms with Crippen LogP contribution in [0.4, 0.5) is 10.5 Å². The maximum Gasteiger partial charge on any atom is 0.321 e. The number of amides is 2. The number of benzene rings is 2. The molecule has 166 valence electrons. The molecule has 2 saturated heterocycles. The predicted octanol–water partition coefficient (Wildman–Crippen LogP) is 4.35. The third-order valence-corrected chi connectivity index (χ3v) is 8.24. The number of rotatable bonds is 5. The summed E-state index contributed by atoms with van der Waals surface area (Å²) in [7, 11) is -3.51. The first-order valence-corrected chi connectivity index (χ1v) is 12.7. The van der Waals surface area contributed by atoms with E-state index in [1.54, 1.807) is 28.6 Å². The second kappa shape index (κ2) is 9.83. The van der Waals surface area contributed by atoms with E-state index in [0.717, 1.165) is 45.2 Å². The van der Waals surface area contributed by atoms with Crippen LogP contribution in [0.5, 0.6) is 0 Å². The van der Waals surface area contributed by atoms with E-state index in [0.29, 0.717) is 24.7 Å². The minimum Gasteiger partial charge on any atom is -0.325 e. The van der Waals surface area contributed by atoms with Crippen molar-refractivity contribution in [2.45, 2.75) is 43.4 Å². The Balaban J connectivity index is 1.33. The van der Waals surface area contributed by atoms with Crippen molar-refractivity contribution < 1.29 is 13.2 Å². The first-order chi connectivity index (χ1) is 15.0. The van der Waals surface area contributed by atoms with E-state index in [1.807, 2.05) is 23.1 Å². The Kier molecular flexibility index (Phi) is 6.92. The molecule has 0 aromatic heterocycles. The molecule has 0 bridgehead atoms. The number of piperidine rings is 2. The molecule has 0 spiro atoms. The van der Waals surface area contributed by atoms with Crippen LogP contribution in [0.3, 0.4) is 0 Å². The van der Waals surface area contributed by atoms with Gasteiger partial charge in [-0.05, 0) is 74.3 Å². The molecular formula is C24H31N3O3S. The molecular weight excluding hydrogens is 410 g/mol. The molecule has 0 aliphatic carbocycles. The fourth-order valence-electron chi connectivity index (χ4n) is 4.46. The smallest absolute Gasteiger partial charge is 0.321 e. The SMILES string of the molecule is O=C(Nc1ccc(S(=O)(=O)N2CCC(Cc3ccccc3)CC2)cc1)N1CCCCC1. The van der Waals surface area contributed by atoms with Crippen LogP contribution in [-0.4, -0.2) is 49.8 Å². The lowest BCUT2D eigenvalue weighted by molar-refractivity contribution is 0.200. The second-order valence-electron chi connectivity index (χ2n) is 8.54. The van der Waals surface area contributed by atoms with Crippen molar-refractivity contribution >= 4 is 21.7 Å². The van der Waals surface area contributed by atoms with Crippen LogP contribution < -0.4 is 5.32 Å². The number of carbonyl (C=O) groups is 1. The van der Waals surface area contributed by atoms with E-state index in [1.165, 1.54) is 12.0 Å². The zero-order chi connectivity index (χ0) is 21.7. The Morgan fingerprint density at radius 2 is 1.52 bits per heavy atom. The Labute approximate surface area is 185 Å². The topological polar surface area (TPSA) is 69.7 Å². The van der Waals surface area contributed by atoms with Gasteiger partial charge in [-0.25, -0.2) is 13.2 Å². The van der Waals surface area contributed by atoms with Crippen LogP contribution >= 0.6 is 0 Å². The van der Waals surface area contributed by atoms with Crippen LogP contribution in [0.15, 0.2) is 59.5 Å². The minimum absolute atomic E-state index is 0.115. The van der Waals surface area contributed by atoms with Crippen LogP contribution in [-0.2, 0) is 16.4 Å². The van der Waals surface area contributed by atoms with E-state index in [-0.39, 0.29) is 10.9 Å². The normalized spacial score (nSPS) is 18.6. The van der Waals surface area contributed by atoms with Crippen molar-refractivity contribution in [1.29, 1.82) is 0 Å². The van der Waals surface area contributed by atoms with Crippen molar-refractivity contribution in [3.05, 3.63) is 60.2 Å². The average molecular weight is 442 g/mol. The van der Waals surface area contributed by atoms with Gasteiger partial charge < -0.3 is 10.2 Å². The molecule has 2 amide bonds. The Hall–Kier alpha value is -2.38. The lowest BCUT2D eigenvalue weighted by atomic mass is 9.91. The summed E-state index contributed by atoms with van der Waals surface area (Å²) in [5.74, 6) is 0.515. The first-order valence-electron chi connectivity index (χ1n) is 11.2. The molecule has 2 aliphatic heterocycles. The van der Waals surface area contributed by atoms with Crippen molar-refractivity contribution in [2.75, 3.05) is 31.5 Å². The zero-order valence-electron chi connectivity index (χ0n) is 17.9. The van der Waals surface area contributed by atoms with Gasteiger partial charge >= 0.3 is 6.03 Å². The van der Waals surface area contributed by atoms with Gasteiger partial charge in [-0.15, -0.1) is 0 Å². The number of sulfonamides is 1. The quantitative estimate of drug-likeness (QED) is 0.750. The number of nitrogens with zero attached hydrogens (tertiary/aromatic N) is 2. The van der Waals surface area contributed by atoms with E-state index < -0.39 is 10.0 Å². The maximum atomic E-state index is 13.1. The fraction of sp³-hybridized carbons (Fsp3) is 0.458. The molecule has 0 atom stereocenters. The summed E-state index contributed by atoms with van der Waals surface area (Å²) in [6, 6.07) is 16.8. The summed E-state index contributed by atoms with van der Waals surface area (Å²) in [6.45, 7) is 2.65. The van der Waals surface area contributed by atoms with Crippen molar-refractivity contribution in [2.24, 2.45) is 5.92 Å². The van der Waals surface area contributed by atoms with Gasteiger partial charge in [0.1, 0.15) is 0 Å². The first kappa shape index (κ1) is 21.8. The van der Waals surface area contributed by atoms with Gasteiger partial charge in [-0.2, -0.15) is 4.31 Å². The largest absolute Gasteiger partial charge is 0.325 e. The summed E-state index contributed by atoms with van der Waals surface area (Å²) < 4.78 is 27.7. The predicted molar refractivity (Wildman–Crippen MR) is 123 cm³/mol. The lowest BCUT2D eigenvalue weighted by Gasteiger charge is -2.31. The van der Waals surface area contributed by atoms with Crippen molar-refractivity contribution in [1.82, 2.24) is 9.21 Å². The lowest BCUT2D eigenvalue weighted by Crippen LogP contribution is -2.39. The molecule has 6 nitrogen and oxygen atoms in total. The fourth-order valence-corrected chi connectivity index (χ4v) is 5.93.